The minimum Gasteiger partial charge on any atom is -0.465 e. The summed E-state index contributed by atoms with van der Waals surface area (Å²) in [4.78, 5) is 17.7. The molecule has 2 unspecified atom stereocenters. The summed E-state index contributed by atoms with van der Waals surface area (Å²) in [6.07, 6.45) is 5.42. The van der Waals surface area contributed by atoms with Crippen molar-refractivity contribution < 1.29 is 13.9 Å². The van der Waals surface area contributed by atoms with Crippen molar-refractivity contribution in [3.63, 3.8) is 0 Å². The molecular weight excluding hydrogens is 393 g/mol. The first-order chi connectivity index (χ1) is 15.1. The van der Waals surface area contributed by atoms with Gasteiger partial charge in [0.15, 0.2) is 0 Å². The van der Waals surface area contributed by atoms with Crippen molar-refractivity contribution >= 4 is 6.03 Å². The third-order valence-electron chi connectivity index (χ3n) is 6.77. The van der Waals surface area contributed by atoms with Crippen LogP contribution in [0.15, 0.2) is 54.8 Å². The van der Waals surface area contributed by atoms with Gasteiger partial charge < -0.3 is 19.9 Å². The molecule has 2 bridgehead atoms. The van der Waals surface area contributed by atoms with Crippen molar-refractivity contribution in [2.75, 3.05) is 26.2 Å². The standard InChI is InChI=1S/C25H28FN3O2/c1-2-13-31-21-8-5-17-10-12-29(25(30)27-23-16-28-11-9-19(23)15-28)24(22(17)14-21)18-3-6-20(26)7-4-18/h2-8,13-14,19,23-24H,9-12,15-16H2,1H3,(H,27,30)/b13-2-/t19?,23-,24+/m1/s1. The number of amides is 2. The summed E-state index contributed by atoms with van der Waals surface area (Å²) in [5, 5.41) is 3.30. The zero-order valence-electron chi connectivity index (χ0n) is 17.8. The maximum atomic E-state index is 13.6. The highest BCUT2D eigenvalue weighted by Gasteiger charge is 2.40. The van der Waals surface area contributed by atoms with E-state index in [1.807, 2.05) is 30.0 Å². The van der Waals surface area contributed by atoms with Gasteiger partial charge in [-0.15, -0.1) is 0 Å². The van der Waals surface area contributed by atoms with Crippen LogP contribution < -0.4 is 10.1 Å². The van der Waals surface area contributed by atoms with Gasteiger partial charge in [-0.25, -0.2) is 9.18 Å². The van der Waals surface area contributed by atoms with Crippen molar-refractivity contribution in [1.82, 2.24) is 15.1 Å². The summed E-state index contributed by atoms with van der Waals surface area (Å²) in [5.41, 5.74) is 3.13. The van der Waals surface area contributed by atoms with Crippen LogP contribution in [0.2, 0.25) is 0 Å². The fourth-order valence-corrected chi connectivity index (χ4v) is 5.23. The summed E-state index contributed by atoms with van der Waals surface area (Å²) < 4.78 is 19.3. The van der Waals surface area contributed by atoms with E-state index in [0.717, 1.165) is 49.4 Å². The Hall–Kier alpha value is -2.86. The molecule has 3 heterocycles. The van der Waals surface area contributed by atoms with E-state index in [4.69, 9.17) is 4.74 Å². The second-order valence-electron chi connectivity index (χ2n) is 8.71. The quantitative estimate of drug-likeness (QED) is 0.756. The Morgan fingerprint density at radius 3 is 2.71 bits per heavy atom. The number of piperidine rings is 1. The van der Waals surface area contributed by atoms with Gasteiger partial charge >= 0.3 is 6.03 Å². The summed E-state index contributed by atoms with van der Waals surface area (Å²) >= 11 is 0. The van der Waals surface area contributed by atoms with Crippen molar-refractivity contribution in [3.8, 4) is 5.75 Å². The topological polar surface area (TPSA) is 44.8 Å². The number of ether oxygens (including phenoxy) is 1. The molecule has 2 amide bonds. The lowest BCUT2D eigenvalue weighted by Gasteiger charge is -2.39. The zero-order chi connectivity index (χ0) is 21.4. The van der Waals surface area contributed by atoms with Gasteiger partial charge in [-0.3, -0.25) is 0 Å². The smallest absolute Gasteiger partial charge is 0.318 e. The van der Waals surface area contributed by atoms with E-state index < -0.39 is 0 Å². The Kier molecular flexibility index (Phi) is 5.40. The number of halogens is 1. The largest absolute Gasteiger partial charge is 0.465 e. The van der Waals surface area contributed by atoms with Crippen LogP contribution in [-0.2, 0) is 6.42 Å². The molecule has 1 N–H and O–H groups in total. The highest BCUT2D eigenvalue weighted by Crippen LogP contribution is 2.38. The van der Waals surface area contributed by atoms with Crippen LogP contribution in [0, 0.1) is 11.7 Å². The molecule has 5 nitrogen and oxygen atoms in total. The third kappa shape index (κ3) is 3.92. The van der Waals surface area contributed by atoms with Gasteiger partial charge in [0.25, 0.3) is 0 Å². The number of benzene rings is 2. The summed E-state index contributed by atoms with van der Waals surface area (Å²) in [5.74, 6) is 0.996. The number of fused-ring (bicyclic) bond motifs is 3. The maximum absolute atomic E-state index is 13.6. The summed E-state index contributed by atoms with van der Waals surface area (Å²) in [6.45, 7) is 5.68. The van der Waals surface area contributed by atoms with E-state index in [0.29, 0.717) is 12.5 Å². The molecule has 0 spiro atoms. The molecule has 0 aliphatic carbocycles. The van der Waals surface area contributed by atoms with Gasteiger partial charge in [0, 0.05) is 25.7 Å². The average Bonchev–Trinajstić information content (AvgIpc) is 3.40. The number of carbonyl (C=O) groups is 1. The first-order valence-corrected chi connectivity index (χ1v) is 11.1. The fourth-order valence-electron chi connectivity index (χ4n) is 5.23. The molecule has 5 rings (SSSR count). The van der Waals surface area contributed by atoms with Crippen LogP contribution in [0.25, 0.3) is 0 Å². The van der Waals surface area contributed by atoms with Crippen molar-refractivity contribution in [2.24, 2.45) is 5.92 Å². The maximum Gasteiger partial charge on any atom is 0.318 e. The monoisotopic (exact) mass is 421 g/mol. The van der Waals surface area contributed by atoms with Crippen LogP contribution in [0.1, 0.15) is 36.1 Å². The Morgan fingerprint density at radius 2 is 2.00 bits per heavy atom. The van der Waals surface area contributed by atoms with Crippen LogP contribution in [0.5, 0.6) is 5.75 Å². The highest BCUT2D eigenvalue weighted by atomic mass is 19.1. The number of nitrogens with one attached hydrogen (secondary N) is 1. The van der Waals surface area contributed by atoms with Crippen molar-refractivity contribution in [2.45, 2.75) is 31.8 Å². The molecule has 0 saturated carbocycles. The second kappa shape index (κ2) is 8.35. The fraction of sp³-hybridized carbons (Fsp3) is 0.400. The van der Waals surface area contributed by atoms with Crippen LogP contribution >= 0.6 is 0 Å². The number of hydrogen-bond donors (Lipinski definition) is 1. The predicted octanol–water partition coefficient (Wildman–Crippen LogP) is 4.10. The number of allylic oxidation sites excluding steroid dienone is 1. The molecule has 0 aromatic heterocycles. The Labute approximate surface area is 182 Å². The lowest BCUT2D eigenvalue weighted by atomic mass is 9.88. The third-order valence-corrected chi connectivity index (χ3v) is 6.77. The molecule has 6 heteroatoms. The molecule has 2 fully saturated rings. The molecule has 162 valence electrons. The average molecular weight is 422 g/mol. The minimum absolute atomic E-state index is 0.0431. The molecule has 0 radical (unpaired) electrons. The Morgan fingerprint density at radius 1 is 1.16 bits per heavy atom. The van der Waals surface area contributed by atoms with Crippen molar-refractivity contribution in [1.29, 1.82) is 0 Å². The van der Waals surface area contributed by atoms with E-state index in [9.17, 15) is 9.18 Å². The Bertz CT molecular complexity index is 991. The number of carbonyl (C=O) groups excluding carboxylic acids is 1. The normalized spacial score (nSPS) is 26.8. The molecule has 2 saturated heterocycles. The van der Waals surface area contributed by atoms with Crippen molar-refractivity contribution in [3.05, 3.63) is 77.3 Å². The van der Waals surface area contributed by atoms with E-state index in [2.05, 4.69) is 16.3 Å². The van der Waals surface area contributed by atoms with E-state index in [1.165, 1.54) is 17.7 Å². The SMILES string of the molecule is C/C=C\Oc1ccc2c(c1)[C@H](c1ccc(F)cc1)N(C(=O)N[C@@H]1CN3CCC1C3)CC2. The number of rotatable bonds is 4. The number of hydrogen-bond acceptors (Lipinski definition) is 3. The first-order valence-electron chi connectivity index (χ1n) is 11.1. The zero-order valence-corrected chi connectivity index (χ0v) is 17.8. The van der Waals surface area contributed by atoms with E-state index >= 15 is 0 Å². The summed E-state index contributed by atoms with van der Waals surface area (Å²) in [6, 6.07) is 12.4. The van der Waals surface area contributed by atoms with E-state index in [-0.39, 0.29) is 23.9 Å². The molecule has 4 atom stereocenters. The lowest BCUT2D eigenvalue weighted by molar-refractivity contribution is 0.171. The van der Waals surface area contributed by atoms with Gasteiger partial charge in [0.2, 0.25) is 0 Å². The number of nitrogens with zero attached hydrogens (tertiary/aromatic N) is 2. The first kappa shape index (κ1) is 20.1. The second-order valence-corrected chi connectivity index (χ2v) is 8.71. The van der Waals surface area contributed by atoms with Crippen LogP contribution in [0.4, 0.5) is 9.18 Å². The molecular formula is C25H28FN3O2. The number of urea groups is 1. The molecule has 31 heavy (non-hydrogen) atoms. The molecule has 2 aromatic carbocycles. The van der Waals surface area contributed by atoms with Gasteiger partial charge in [-0.1, -0.05) is 24.3 Å². The van der Waals surface area contributed by atoms with E-state index in [1.54, 1.807) is 18.4 Å². The van der Waals surface area contributed by atoms with Gasteiger partial charge in [-0.2, -0.15) is 0 Å². The van der Waals surface area contributed by atoms with Crippen LogP contribution in [-0.4, -0.2) is 48.1 Å². The van der Waals surface area contributed by atoms with Crippen LogP contribution in [0.3, 0.4) is 0 Å². The Balaban J connectivity index is 1.47. The lowest BCUT2D eigenvalue weighted by Crippen LogP contribution is -2.52. The minimum atomic E-state index is -0.281. The van der Waals surface area contributed by atoms with Gasteiger partial charge in [0.1, 0.15) is 11.6 Å². The van der Waals surface area contributed by atoms with Gasteiger partial charge in [-0.05, 0) is 73.2 Å². The van der Waals surface area contributed by atoms with Gasteiger partial charge in [0.05, 0.1) is 12.3 Å². The molecule has 3 aliphatic heterocycles. The highest BCUT2D eigenvalue weighted by molar-refractivity contribution is 5.76. The predicted molar refractivity (Wildman–Crippen MR) is 117 cm³/mol. The summed E-state index contributed by atoms with van der Waals surface area (Å²) in [7, 11) is 0. The molecule has 2 aromatic rings. The molecule has 3 aliphatic rings.